The maximum Gasteiger partial charge on any atom is 0.281 e. The molecule has 0 unspecified atom stereocenters. The van der Waals surface area contributed by atoms with Crippen LogP contribution in [0.2, 0.25) is 0 Å². The molecule has 8 heteroatoms. The van der Waals surface area contributed by atoms with Crippen LogP contribution in [0.4, 0.5) is 0 Å². The SMILES string of the molecule is COCCCN(CCOC)S(=O)(=O)N(C)CCCO. The van der Waals surface area contributed by atoms with Gasteiger partial charge in [-0.2, -0.15) is 17.0 Å². The predicted octanol–water partition coefficient (Wildman–Crippen LogP) is -0.470. The lowest BCUT2D eigenvalue weighted by Crippen LogP contribution is -2.44. The van der Waals surface area contributed by atoms with Crippen LogP contribution in [0.25, 0.3) is 0 Å². The van der Waals surface area contributed by atoms with Gasteiger partial charge in [-0.3, -0.25) is 0 Å². The molecule has 0 rings (SSSR count). The lowest BCUT2D eigenvalue weighted by molar-refractivity contribution is 0.161. The van der Waals surface area contributed by atoms with Gasteiger partial charge in [-0.05, 0) is 12.8 Å². The highest BCUT2D eigenvalue weighted by atomic mass is 32.2. The number of rotatable bonds is 12. The monoisotopic (exact) mass is 298 g/mol. The molecule has 1 N–H and O–H groups in total. The molecule has 0 aliphatic heterocycles. The number of methoxy groups -OCH3 is 2. The van der Waals surface area contributed by atoms with Gasteiger partial charge < -0.3 is 14.6 Å². The Bertz CT molecular complexity index is 310. The van der Waals surface area contributed by atoms with E-state index in [1.165, 1.54) is 22.8 Å². The fraction of sp³-hybridized carbons (Fsp3) is 1.00. The summed E-state index contributed by atoms with van der Waals surface area (Å²) in [5, 5.41) is 8.76. The van der Waals surface area contributed by atoms with E-state index in [1.54, 1.807) is 7.11 Å². The van der Waals surface area contributed by atoms with Gasteiger partial charge in [0.25, 0.3) is 10.2 Å². The molecule has 7 nitrogen and oxygen atoms in total. The van der Waals surface area contributed by atoms with Gasteiger partial charge in [0, 0.05) is 54.1 Å². The van der Waals surface area contributed by atoms with Crippen LogP contribution in [0, 0.1) is 0 Å². The first-order valence-corrected chi connectivity index (χ1v) is 7.70. The molecule has 0 fully saturated rings. The van der Waals surface area contributed by atoms with Crippen LogP contribution < -0.4 is 0 Å². The van der Waals surface area contributed by atoms with Crippen molar-refractivity contribution in [1.29, 1.82) is 0 Å². The summed E-state index contributed by atoms with van der Waals surface area (Å²) >= 11 is 0. The summed E-state index contributed by atoms with van der Waals surface area (Å²) in [4.78, 5) is 0. The first-order valence-electron chi connectivity index (χ1n) is 6.30. The molecule has 0 aromatic carbocycles. The molecule has 0 spiro atoms. The maximum absolute atomic E-state index is 12.3. The summed E-state index contributed by atoms with van der Waals surface area (Å²) in [5.74, 6) is 0. The lowest BCUT2D eigenvalue weighted by atomic mass is 10.4. The van der Waals surface area contributed by atoms with Crippen molar-refractivity contribution in [2.24, 2.45) is 0 Å². The largest absolute Gasteiger partial charge is 0.396 e. The van der Waals surface area contributed by atoms with Gasteiger partial charge in [0.1, 0.15) is 0 Å². The Morgan fingerprint density at radius 1 is 1.00 bits per heavy atom. The van der Waals surface area contributed by atoms with Gasteiger partial charge in [-0.1, -0.05) is 0 Å². The topological polar surface area (TPSA) is 79.3 Å². The summed E-state index contributed by atoms with van der Waals surface area (Å²) in [7, 11) is 1.13. The van der Waals surface area contributed by atoms with Crippen LogP contribution in [0.15, 0.2) is 0 Å². The Labute approximate surface area is 116 Å². The van der Waals surface area contributed by atoms with E-state index in [2.05, 4.69) is 0 Å². The molecule has 0 amide bonds. The van der Waals surface area contributed by atoms with Crippen molar-refractivity contribution in [1.82, 2.24) is 8.61 Å². The van der Waals surface area contributed by atoms with Crippen LogP contribution in [0.3, 0.4) is 0 Å². The summed E-state index contributed by atoms with van der Waals surface area (Å²) in [6.07, 6.45) is 1.05. The zero-order valence-corrected chi connectivity index (χ0v) is 12.9. The number of nitrogens with zero attached hydrogens (tertiary/aromatic N) is 2. The zero-order valence-electron chi connectivity index (χ0n) is 12.0. The summed E-state index contributed by atoms with van der Waals surface area (Å²) in [6, 6.07) is 0. The van der Waals surface area contributed by atoms with E-state index in [-0.39, 0.29) is 6.61 Å². The van der Waals surface area contributed by atoms with Gasteiger partial charge in [0.2, 0.25) is 0 Å². The minimum Gasteiger partial charge on any atom is -0.396 e. The van der Waals surface area contributed by atoms with Gasteiger partial charge >= 0.3 is 0 Å². The minimum absolute atomic E-state index is 0.0262. The smallest absolute Gasteiger partial charge is 0.281 e. The Morgan fingerprint density at radius 3 is 2.16 bits per heavy atom. The zero-order chi connectivity index (χ0) is 14.7. The number of ether oxygens (including phenoxy) is 2. The van der Waals surface area contributed by atoms with Crippen molar-refractivity contribution in [3.05, 3.63) is 0 Å². The van der Waals surface area contributed by atoms with E-state index in [9.17, 15) is 8.42 Å². The van der Waals surface area contributed by atoms with Gasteiger partial charge in [0.15, 0.2) is 0 Å². The van der Waals surface area contributed by atoms with E-state index in [0.29, 0.717) is 45.7 Å². The fourth-order valence-corrected chi connectivity index (χ4v) is 2.95. The van der Waals surface area contributed by atoms with Crippen LogP contribution in [0.5, 0.6) is 0 Å². The molecule has 0 aliphatic rings. The first kappa shape index (κ1) is 18.8. The number of aliphatic hydroxyl groups excluding tert-OH is 1. The molecule has 0 bridgehead atoms. The van der Waals surface area contributed by atoms with Crippen molar-refractivity contribution in [3.8, 4) is 0 Å². The number of hydrogen-bond acceptors (Lipinski definition) is 5. The normalized spacial score (nSPS) is 12.5. The van der Waals surface area contributed by atoms with E-state index in [0.717, 1.165) is 0 Å². The van der Waals surface area contributed by atoms with Gasteiger partial charge in [0.05, 0.1) is 6.61 Å². The highest BCUT2D eigenvalue weighted by molar-refractivity contribution is 7.86. The molecule has 0 heterocycles. The lowest BCUT2D eigenvalue weighted by Gasteiger charge is -2.27. The van der Waals surface area contributed by atoms with Crippen LogP contribution in [-0.2, 0) is 19.7 Å². The molecule has 0 aromatic rings. The molecular weight excluding hydrogens is 272 g/mol. The molecule has 0 radical (unpaired) electrons. The van der Waals surface area contributed by atoms with Crippen molar-refractivity contribution in [3.63, 3.8) is 0 Å². The second-order valence-corrected chi connectivity index (χ2v) is 6.18. The quantitative estimate of drug-likeness (QED) is 0.493. The summed E-state index contributed by atoms with van der Waals surface area (Å²) < 4.78 is 37.1. The highest BCUT2D eigenvalue weighted by Gasteiger charge is 2.25. The number of hydrogen-bond donors (Lipinski definition) is 1. The van der Waals surface area contributed by atoms with E-state index < -0.39 is 10.2 Å². The summed E-state index contributed by atoms with van der Waals surface area (Å²) in [6.45, 7) is 1.84. The van der Waals surface area contributed by atoms with E-state index in [4.69, 9.17) is 14.6 Å². The second-order valence-electron chi connectivity index (χ2n) is 4.14. The van der Waals surface area contributed by atoms with Crippen LogP contribution in [-0.4, -0.2) is 82.9 Å². The molecular formula is C11H26N2O5S. The Balaban J connectivity index is 4.59. The Hall–Kier alpha value is -0.250. The Kier molecular flexibility index (Phi) is 10.4. The van der Waals surface area contributed by atoms with Gasteiger partial charge in [-0.25, -0.2) is 0 Å². The molecule has 0 saturated heterocycles. The molecule has 116 valence electrons. The number of aliphatic hydroxyl groups is 1. The molecule has 0 aliphatic carbocycles. The van der Waals surface area contributed by atoms with Crippen LogP contribution >= 0.6 is 0 Å². The molecule has 0 aromatic heterocycles. The van der Waals surface area contributed by atoms with Crippen LogP contribution in [0.1, 0.15) is 12.8 Å². The van der Waals surface area contributed by atoms with E-state index >= 15 is 0 Å². The van der Waals surface area contributed by atoms with E-state index in [1.807, 2.05) is 0 Å². The third-order valence-electron chi connectivity index (χ3n) is 2.65. The average molecular weight is 298 g/mol. The standard InChI is InChI=1S/C11H26N2O5S/c1-12(6-4-9-14)19(15,16)13(8-11-18-3)7-5-10-17-2/h14H,4-11H2,1-3H3. The highest BCUT2D eigenvalue weighted by Crippen LogP contribution is 2.08. The van der Waals surface area contributed by atoms with Crippen molar-refractivity contribution in [2.75, 3.05) is 60.7 Å². The Morgan fingerprint density at radius 2 is 1.63 bits per heavy atom. The molecule has 0 saturated carbocycles. The first-order chi connectivity index (χ1) is 9.00. The maximum atomic E-state index is 12.3. The van der Waals surface area contributed by atoms with Gasteiger partial charge in [-0.15, -0.1) is 0 Å². The predicted molar refractivity (Wildman–Crippen MR) is 73.2 cm³/mol. The third-order valence-corrected chi connectivity index (χ3v) is 4.64. The third kappa shape index (κ3) is 7.19. The average Bonchev–Trinajstić information content (AvgIpc) is 2.39. The van der Waals surface area contributed by atoms with Crippen molar-refractivity contribution < 1.29 is 23.0 Å². The second kappa shape index (κ2) is 10.5. The molecule has 0 atom stereocenters. The van der Waals surface area contributed by atoms with Crippen molar-refractivity contribution >= 4 is 10.2 Å². The van der Waals surface area contributed by atoms with Crippen molar-refractivity contribution in [2.45, 2.75) is 12.8 Å². The summed E-state index contributed by atoms with van der Waals surface area (Å²) in [5.41, 5.74) is 0. The molecule has 19 heavy (non-hydrogen) atoms. The fourth-order valence-electron chi connectivity index (χ4n) is 1.53. The minimum atomic E-state index is -3.51.